The number of rotatable bonds is 5. The zero-order chi connectivity index (χ0) is 13.0. The molecule has 0 aliphatic rings. The number of anilines is 1. The summed E-state index contributed by atoms with van der Waals surface area (Å²) in [6.45, 7) is 5.72. The molecular weight excluding hydrogens is 224 g/mol. The number of furan rings is 1. The third-order valence-electron chi connectivity index (χ3n) is 3.23. The maximum atomic E-state index is 5.92. The molecule has 3 heteroatoms. The van der Waals surface area contributed by atoms with E-state index in [2.05, 4.69) is 43.0 Å². The van der Waals surface area contributed by atoms with Crippen molar-refractivity contribution in [3.05, 3.63) is 54.0 Å². The first kappa shape index (κ1) is 12.7. The van der Waals surface area contributed by atoms with Crippen LogP contribution in [0.25, 0.3) is 0 Å². The minimum absolute atomic E-state index is 0.163. The van der Waals surface area contributed by atoms with Crippen LogP contribution >= 0.6 is 0 Å². The monoisotopic (exact) mass is 244 g/mol. The third-order valence-corrected chi connectivity index (χ3v) is 3.23. The van der Waals surface area contributed by atoms with Crippen LogP contribution < -0.4 is 10.6 Å². The Balaban J connectivity index is 2.29. The van der Waals surface area contributed by atoms with Gasteiger partial charge in [0, 0.05) is 24.3 Å². The lowest BCUT2D eigenvalue weighted by molar-refractivity contribution is 0.554. The van der Waals surface area contributed by atoms with Crippen LogP contribution in [0.5, 0.6) is 0 Å². The summed E-state index contributed by atoms with van der Waals surface area (Å²) >= 11 is 0. The third kappa shape index (κ3) is 2.57. The number of nitrogens with two attached hydrogens (primary N) is 1. The molecule has 1 unspecified atom stereocenters. The van der Waals surface area contributed by atoms with Gasteiger partial charge < -0.3 is 15.1 Å². The van der Waals surface area contributed by atoms with Crippen molar-refractivity contribution in [1.82, 2.24) is 0 Å². The average Bonchev–Trinajstić information content (AvgIpc) is 2.91. The van der Waals surface area contributed by atoms with E-state index >= 15 is 0 Å². The molecule has 0 aliphatic carbocycles. The maximum absolute atomic E-state index is 5.92. The van der Waals surface area contributed by atoms with E-state index in [9.17, 15) is 0 Å². The van der Waals surface area contributed by atoms with Crippen LogP contribution in [0.2, 0.25) is 0 Å². The van der Waals surface area contributed by atoms with E-state index < -0.39 is 0 Å². The highest BCUT2D eigenvalue weighted by Crippen LogP contribution is 2.26. The molecule has 2 N–H and O–H groups in total. The fourth-order valence-corrected chi connectivity index (χ4v) is 2.23. The first-order valence-corrected chi connectivity index (χ1v) is 6.31. The molecule has 0 saturated heterocycles. The van der Waals surface area contributed by atoms with Gasteiger partial charge in [0.2, 0.25) is 0 Å². The summed E-state index contributed by atoms with van der Waals surface area (Å²) in [5.74, 6) is 0. The van der Waals surface area contributed by atoms with Gasteiger partial charge in [-0.1, -0.05) is 17.7 Å². The Labute approximate surface area is 108 Å². The summed E-state index contributed by atoms with van der Waals surface area (Å²) in [4.78, 5) is 2.30. The highest BCUT2D eigenvalue weighted by atomic mass is 16.3. The minimum atomic E-state index is 0.163. The molecule has 18 heavy (non-hydrogen) atoms. The maximum Gasteiger partial charge on any atom is 0.0955 e. The van der Waals surface area contributed by atoms with Gasteiger partial charge in [-0.05, 0) is 32.0 Å². The zero-order valence-corrected chi connectivity index (χ0v) is 11.0. The van der Waals surface area contributed by atoms with E-state index in [-0.39, 0.29) is 6.04 Å². The van der Waals surface area contributed by atoms with E-state index in [1.807, 2.05) is 6.07 Å². The SMILES string of the molecule is CCN(c1ccc(C)cc1)C(CN)c1ccoc1. The Morgan fingerprint density at radius 1 is 1.22 bits per heavy atom. The summed E-state index contributed by atoms with van der Waals surface area (Å²) in [7, 11) is 0. The smallest absolute Gasteiger partial charge is 0.0955 e. The van der Waals surface area contributed by atoms with Gasteiger partial charge in [0.05, 0.1) is 18.6 Å². The quantitative estimate of drug-likeness (QED) is 0.878. The Hall–Kier alpha value is -1.74. The summed E-state index contributed by atoms with van der Waals surface area (Å²) in [6, 6.07) is 10.7. The minimum Gasteiger partial charge on any atom is -0.472 e. The van der Waals surface area contributed by atoms with Crippen LogP contribution in [0.1, 0.15) is 24.1 Å². The number of hydrogen-bond donors (Lipinski definition) is 1. The van der Waals surface area contributed by atoms with E-state index in [1.165, 1.54) is 11.3 Å². The van der Waals surface area contributed by atoms with Gasteiger partial charge in [0.25, 0.3) is 0 Å². The second-order valence-corrected chi connectivity index (χ2v) is 4.43. The molecule has 0 fully saturated rings. The molecule has 2 aromatic rings. The first-order valence-electron chi connectivity index (χ1n) is 6.31. The van der Waals surface area contributed by atoms with Gasteiger partial charge in [-0.3, -0.25) is 0 Å². The molecular formula is C15H20N2O. The highest BCUT2D eigenvalue weighted by Gasteiger charge is 2.18. The van der Waals surface area contributed by atoms with Crippen molar-refractivity contribution in [2.45, 2.75) is 19.9 Å². The zero-order valence-electron chi connectivity index (χ0n) is 11.0. The lowest BCUT2D eigenvalue weighted by atomic mass is 10.1. The molecule has 3 nitrogen and oxygen atoms in total. The number of benzene rings is 1. The molecule has 0 amide bonds. The van der Waals surface area contributed by atoms with Gasteiger partial charge in [-0.2, -0.15) is 0 Å². The Kier molecular flexibility index (Phi) is 4.05. The van der Waals surface area contributed by atoms with Crippen LogP contribution in [0.15, 0.2) is 47.3 Å². The number of hydrogen-bond acceptors (Lipinski definition) is 3. The summed E-state index contributed by atoms with van der Waals surface area (Å²) in [5.41, 5.74) is 9.51. The predicted molar refractivity (Wildman–Crippen MR) is 74.7 cm³/mol. The lowest BCUT2D eigenvalue weighted by Gasteiger charge is -2.31. The topological polar surface area (TPSA) is 42.4 Å². The Morgan fingerprint density at radius 3 is 2.44 bits per heavy atom. The van der Waals surface area contributed by atoms with Crippen molar-refractivity contribution >= 4 is 5.69 Å². The molecule has 0 bridgehead atoms. The molecule has 0 radical (unpaired) electrons. The fourth-order valence-electron chi connectivity index (χ4n) is 2.23. The summed E-state index contributed by atoms with van der Waals surface area (Å²) in [5, 5.41) is 0. The summed E-state index contributed by atoms with van der Waals surface area (Å²) < 4.78 is 5.16. The largest absolute Gasteiger partial charge is 0.472 e. The van der Waals surface area contributed by atoms with Crippen LogP contribution in [0.3, 0.4) is 0 Å². The van der Waals surface area contributed by atoms with Crippen LogP contribution in [0, 0.1) is 6.92 Å². The van der Waals surface area contributed by atoms with E-state index in [1.54, 1.807) is 12.5 Å². The lowest BCUT2D eigenvalue weighted by Crippen LogP contribution is -2.33. The molecule has 0 aliphatic heterocycles. The molecule has 2 rings (SSSR count). The van der Waals surface area contributed by atoms with E-state index in [0.29, 0.717) is 6.54 Å². The molecule has 1 heterocycles. The standard InChI is InChI=1S/C15H20N2O/c1-3-17(14-6-4-12(2)5-7-14)15(10-16)13-8-9-18-11-13/h4-9,11,15H,3,10,16H2,1-2H3. The number of likely N-dealkylation sites (N-methyl/N-ethyl adjacent to an activating group) is 1. The number of aryl methyl sites for hydroxylation is 1. The van der Waals surface area contributed by atoms with Crippen molar-refractivity contribution in [2.75, 3.05) is 18.0 Å². The van der Waals surface area contributed by atoms with Crippen molar-refractivity contribution in [3.8, 4) is 0 Å². The average molecular weight is 244 g/mol. The van der Waals surface area contributed by atoms with Crippen LogP contribution in [-0.4, -0.2) is 13.1 Å². The molecule has 96 valence electrons. The highest BCUT2D eigenvalue weighted by molar-refractivity contribution is 5.49. The normalized spacial score (nSPS) is 12.4. The van der Waals surface area contributed by atoms with Crippen molar-refractivity contribution < 1.29 is 4.42 Å². The van der Waals surface area contributed by atoms with Crippen LogP contribution in [0.4, 0.5) is 5.69 Å². The van der Waals surface area contributed by atoms with Crippen molar-refractivity contribution in [3.63, 3.8) is 0 Å². The Morgan fingerprint density at radius 2 is 1.94 bits per heavy atom. The van der Waals surface area contributed by atoms with Crippen LogP contribution in [-0.2, 0) is 0 Å². The van der Waals surface area contributed by atoms with Gasteiger partial charge in [0.1, 0.15) is 0 Å². The predicted octanol–water partition coefficient (Wildman–Crippen LogP) is 3.11. The Bertz CT molecular complexity index is 462. The molecule has 0 spiro atoms. The summed E-state index contributed by atoms with van der Waals surface area (Å²) in [6.07, 6.45) is 3.47. The fraction of sp³-hybridized carbons (Fsp3) is 0.333. The molecule has 1 aromatic carbocycles. The van der Waals surface area contributed by atoms with Gasteiger partial charge >= 0.3 is 0 Å². The second kappa shape index (κ2) is 5.74. The van der Waals surface area contributed by atoms with Crippen molar-refractivity contribution in [2.24, 2.45) is 5.73 Å². The van der Waals surface area contributed by atoms with Gasteiger partial charge in [-0.25, -0.2) is 0 Å². The molecule has 1 aromatic heterocycles. The first-order chi connectivity index (χ1) is 8.76. The second-order valence-electron chi connectivity index (χ2n) is 4.43. The van der Waals surface area contributed by atoms with E-state index in [4.69, 9.17) is 10.2 Å². The van der Waals surface area contributed by atoms with Gasteiger partial charge in [0.15, 0.2) is 0 Å². The van der Waals surface area contributed by atoms with Gasteiger partial charge in [-0.15, -0.1) is 0 Å². The number of nitrogens with zero attached hydrogens (tertiary/aromatic N) is 1. The molecule has 1 atom stereocenters. The van der Waals surface area contributed by atoms with E-state index in [0.717, 1.165) is 12.1 Å². The van der Waals surface area contributed by atoms with Crippen molar-refractivity contribution in [1.29, 1.82) is 0 Å². The molecule has 0 saturated carbocycles.